The Hall–Kier alpha value is -3.15. The van der Waals surface area contributed by atoms with Gasteiger partial charge in [0.2, 0.25) is 0 Å². The van der Waals surface area contributed by atoms with Crippen LogP contribution < -0.4 is 10.6 Å². The van der Waals surface area contributed by atoms with Gasteiger partial charge in [0.25, 0.3) is 11.8 Å². The van der Waals surface area contributed by atoms with E-state index in [1.54, 1.807) is 55.5 Å². The second-order valence-electron chi connectivity index (χ2n) is 8.51. The molecule has 2 rings (SSSR count). The predicted octanol–water partition coefficient (Wildman–Crippen LogP) is 3.23. The van der Waals surface area contributed by atoms with E-state index in [9.17, 15) is 19.5 Å². The molecule has 2 aromatic rings. The molecule has 0 saturated heterocycles. The lowest BCUT2D eigenvalue weighted by atomic mass is 9.82. The average Bonchev–Trinajstić information content (AvgIpc) is 2.70. The van der Waals surface area contributed by atoms with E-state index in [4.69, 9.17) is 0 Å². The number of hydrogen-bond acceptors (Lipinski definition) is 3. The van der Waals surface area contributed by atoms with Crippen LogP contribution in [-0.4, -0.2) is 36.0 Å². The Kier molecular flexibility index (Phi) is 6.80. The smallest absolute Gasteiger partial charge is 0.315 e. The molecule has 1 unspecified atom stereocenters. The van der Waals surface area contributed by atoms with Gasteiger partial charge in [-0.3, -0.25) is 14.4 Å². The third kappa shape index (κ3) is 5.91. The van der Waals surface area contributed by atoms with Crippen LogP contribution in [0.4, 0.5) is 0 Å². The summed E-state index contributed by atoms with van der Waals surface area (Å²) in [6, 6.07) is 15.1. The molecule has 29 heavy (non-hydrogen) atoms. The number of aliphatic carboxylic acids is 1. The first-order valence-electron chi connectivity index (χ1n) is 9.48. The van der Waals surface area contributed by atoms with Gasteiger partial charge in [-0.1, -0.05) is 51.1 Å². The van der Waals surface area contributed by atoms with Crippen LogP contribution in [0.5, 0.6) is 0 Å². The predicted molar refractivity (Wildman–Crippen MR) is 112 cm³/mol. The van der Waals surface area contributed by atoms with Crippen molar-refractivity contribution in [2.24, 2.45) is 5.41 Å². The van der Waals surface area contributed by atoms with Crippen LogP contribution in [-0.2, 0) is 10.2 Å². The van der Waals surface area contributed by atoms with E-state index in [1.807, 2.05) is 26.8 Å². The molecule has 0 aliphatic heterocycles. The third-order valence-electron chi connectivity index (χ3n) is 4.67. The van der Waals surface area contributed by atoms with E-state index < -0.39 is 17.3 Å². The number of amides is 2. The summed E-state index contributed by atoms with van der Waals surface area (Å²) in [4.78, 5) is 36.5. The quantitative estimate of drug-likeness (QED) is 0.669. The minimum Gasteiger partial charge on any atom is -0.481 e. The summed E-state index contributed by atoms with van der Waals surface area (Å²) in [5.41, 5.74) is 0.164. The van der Waals surface area contributed by atoms with Gasteiger partial charge in [-0.2, -0.15) is 0 Å². The molecule has 1 atom stereocenters. The molecule has 0 aliphatic rings. The van der Waals surface area contributed by atoms with Crippen LogP contribution in [0.25, 0.3) is 0 Å². The van der Waals surface area contributed by atoms with Gasteiger partial charge in [0.05, 0.1) is 0 Å². The molecule has 0 radical (unpaired) electrons. The summed E-state index contributed by atoms with van der Waals surface area (Å²) in [6.07, 6.45) is 0. The van der Waals surface area contributed by atoms with Crippen molar-refractivity contribution in [3.05, 3.63) is 71.3 Å². The lowest BCUT2D eigenvalue weighted by Crippen LogP contribution is -2.44. The van der Waals surface area contributed by atoms with Gasteiger partial charge in [0.15, 0.2) is 0 Å². The lowest BCUT2D eigenvalue weighted by molar-refractivity contribution is -0.142. The highest BCUT2D eigenvalue weighted by atomic mass is 16.4. The van der Waals surface area contributed by atoms with Crippen LogP contribution in [0.3, 0.4) is 0 Å². The Bertz CT molecular complexity index is 870. The van der Waals surface area contributed by atoms with Crippen LogP contribution in [0, 0.1) is 5.41 Å². The highest BCUT2D eigenvalue weighted by molar-refractivity contribution is 5.98. The SMILES string of the molecule is CC(C)(C)CNC(=O)c1ccc(C(=O)NCC(C)(C(=O)O)c2ccccc2)cc1. The molecule has 3 N–H and O–H groups in total. The number of carboxylic acids is 1. The Morgan fingerprint density at radius 1 is 0.759 bits per heavy atom. The highest BCUT2D eigenvalue weighted by Gasteiger charge is 2.35. The highest BCUT2D eigenvalue weighted by Crippen LogP contribution is 2.23. The third-order valence-corrected chi connectivity index (χ3v) is 4.67. The maximum absolute atomic E-state index is 12.5. The first-order chi connectivity index (χ1) is 13.5. The minimum atomic E-state index is -1.25. The zero-order valence-corrected chi connectivity index (χ0v) is 17.3. The molecule has 0 spiro atoms. The Morgan fingerprint density at radius 2 is 1.21 bits per heavy atom. The standard InChI is InChI=1S/C23H28N2O4/c1-22(2,3)14-24-19(26)16-10-12-17(13-11-16)20(27)25-15-23(4,21(28)29)18-8-6-5-7-9-18/h5-13H,14-15H2,1-4H3,(H,24,26)(H,25,27)(H,28,29). The van der Waals surface area contributed by atoms with E-state index >= 15 is 0 Å². The topological polar surface area (TPSA) is 95.5 Å². The lowest BCUT2D eigenvalue weighted by Gasteiger charge is -2.25. The normalized spacial score (nSPS) is 13.2. The van der Waals surface area contributed by atoms with Crippen LogP contribution in [0.15, 0.2) is 54.6 Å². The van der Waals surface area contributed by atoms with Gasteiger partial charge < -0.3 is 15.7 Å². The zero-order valence-electron chi connectivity index (χ0n) is 17.3. The van der Waals surface area contributed by atoms with Gasteiger partial charge in [-0.05, 0) is 42.2 Å². The van der Waals surface area contributed by atoms with Crippen molar-refractivity contribution in [1.82, 2.24) is 10.6 Å². The summed E-state index contributed by atoms with van der Waals surface area (Å²) < 4.78 is 0. The summed E-state index contributed by atoms with van der Waals surface area (Å²) in [5, 5.41) is 15.2. The maximum Gasteiger partial charge on any atom is 0.315 e. The number of carbonyl (C=O) groups is 3. The minimum absolute atomic E-state index is 0.0228. The van der Waals surface area contributed by atoms with Gasteiger partial charge in [-0.15, -0.1) is 0 Å². The first-order valence-corrected chi connectivity index (χ1v) is 9.48. The summed E-state index contributed by atoms with van der Waals surface area (Å²) in [6.45, 7) is 8.15. The molecule has 0 saturated carbocycles. The van der Waals surface area contributed by atoms with E-state index in [2.05, 4.69) is 10.6 Å². The number of carboxylic acid groups (broad SMARTS) is 1. The molecule has 0 bridgehead atoms. The molecule has 0 heterocycles. The van der Waals surface area contributed by atoms with Gasteiger partial charge >= 0.3 is 5.97 Å². The van der Waals surface area contributed by atoms with Gasteiger partial charge in [-0.25, -0.2) is 0 Å². The van der Waals surface area contributed by atoms with Crippen molar-refractivity contribution < 1.29 is 19.5 Å². The monoisotopic (exact) mass is 396 g/mol. The second kappa shape index (κ2) is 8.90. The summed E-state index contributed by atoms with van der Waals surface area (Å²) in [5.74, 6) is -1.61. The van der Waals surface area contributed by atoms with Crippen LogP contribution >= 0.6 is 0 Å². The molecule has 154 valence electrons. The van der Waals surface area contributed by atoms with Crippen LogP contribution in [0.1, 0.15) is 54.0 Å². The van der Waals surface area contributed by atoms with E-state index in [0.717, 1.165) is 0 Å². The molecule has 6 nitrogen and oxygen atoms in total. The number of nitrogens with one attached hydrogen (secondary N) is 2. The molecular formula is C23H28N2O4. The van der Waals surface area contributed by atoms with Crippen molar-refractivity contribution in [2.45, 2.75) is 33.1 Å². The van der Waals surface area contributed by atoms with Crippen molar-refractivity contribution >= 4 is 17.8 Å². The fourth-order valence-corrected chi connectivity index (χ4v) is 2.69. The Balaban J connectivity index is 2.03. The molecule has 6 heteroatoms. The first kappa shape index (κ1) is 22.1. The van der Waals surface area contributed by atoms with E-state index in [-0.39, 0.29) is 17.9 Å². The summed E-state index contributed by atoms with van der Waals surface area (Å²) in [7, 11) is 0. The van der Waals surface area contributed by atoms with E-state index in [1.165, 1.54) is 0 Å². The molecule has 2 aromatic carbocycles. The average molecular weight is 396 g/mol. The number of carbonyl (C=O) groups excluding carboxylic acids is 2. The van der Waals surface area contributed by atoms with Gasteiger partial charge in [0.1, 0.15) is 5.41 Å². The van der Waals surface area contributed by atoms with Crippen molar-refractivity contribution in [3.63, 3.8) is 0 Å². The molecule has 2 amide bonds. The van der Waals surface area contributed by atoms with Gasteiger partial charge in [0, 0.05) is 24.2 Å². The Labute approximate surface area is 171 Å². The molecular weight excluding hydrogens is 368 g/mol. The van der Waals surface area contributed by atoms with E-state index in [0.29, 0.717) is 23.2 Å². The second-order valence-corrected chi connectivity index (χ2v) is 8.51. The van der Waals surface area contributed by atoms with Crippen molar-refractivity contribution in [1.29, 1.82) is 0 Å². The van der Waals surface area contributed by atoms with Crippen molar-refractivity contribution in [2.75, 3.05) is 13.1 Å². The van der Waals surface area contributed by atoms with Crippen molar-refractivity contribution in [3.8, 4) is 0 Å². The molecule has 0 fully saturated rings. The fraction of sp³-hybridized carbons (Fsp3) is 0.348. The molecule has 0 aromatic heterocycles. The molecule has 0 aliphatic carbocycles. The Morgan fingerprint density at radius 3 is 1.62 bits per heavy atom. The van der Waals surface area contributed by atoms with Crippen LogP contribution in [0.2, 0.25) is 0 Å². The largest absolute Gasteiger partial charge is 0.481 e. The zero-order chi connectivity index (χ0) is 21.7. The number of benzene rings is 2. The summed E-state index contributed by atoms with van der Waals surface area (Å²) >= 11 is 0. The number of rotatable bonds is 7. The fourth-order valence-electron chi connectivity index (χ4n) is 2.69. The maximum atomic E-state index is 12.5. The number of hydrogen-bond donors (Lipinski definition) is 3.